The summed E-state index contributed by atoms with van der Waals surface area (Å²) in [4.78, 5) is 13.4. The van der Waals surface area contributed by atoms with E-state index in [-0.39, 0.29) is 16.3 Å². The van der Waals surface area contributed by atoms with E-state index in [1.54, 1.807) is 12.1 Å². The molecule has 2 atom stereocenters. The van der Waals surface area contributed by atoms with E-state index in [9.17, 15) is 4.79 Å². The SMILES string of the molecule is CN1C2CCCC1(Oc1cccc(C(=O)O)c1Cl)CC2. The van der Waals surface area contributed by atoms with Gasteiger partial charge in [-0.1, -0.05) is 17.7 Å². The molecule has 1 aromatic rings. The molecule has 1 aromatic carbocycles. The Kier molecular flexibility index (Phi) is 3.38. The van der Waals surface area contributed by atoms with Crippen LogP contribution in [0.3, 0.4) is 0 Å². The van der Waals surface area contributed by atoms with E-state index < -0.39 is 5.97 Å². The van der Waals surface area contributed by atoms with Crippen LogP contribution in [0.25, 0.3) is 0 Å². The number of carboxylic acid groups (broad SMARTS) is 1. The fourth-order valence-electron chi connectivity index (χ4n) is 3.48. The lowest BCUT2D eigenvalue weighted by Gasteiger charge is -2.42. The van der Waals surface area contributed by atoms with E-state index in [4.69, 9.17) is 21.4 Å². The summed E-state index contributed by atoms with van der Waals surface area (Å²) in [7, 11) is 2.09. The van der Waals surface area contributed by atoms with Crippen LogP contribution in [0.4, 0.5) is 0 Å². The highest BCUT2D eigenvalue weighted by Crippen LogP contribution is 2.45. The molecule has 5 heteroatoms. The molecule has 2 aliphatic rings. The summed E-state index contributed by atoms with van der Waals surface area (Å²) in [5.74, 6) is -0.555. The summed E-state index contributed by atoms with van der Waals surface area (Å²) in [5, 5.41) is 9.32. The lowest BCUT2D eigenvalue weighted by molar-refractivity contribution is -0.0822. The van der Waals surface area contributed by atoms with E-state index in [1.807, 2.05) is 0 Å². The van der Waals surface area contributed by atoms with Crippen molar-refractivity contribution in [3.63, 3.8) is 0 Å². The third-order valence-corrected chi connectivity index (χ3v) is 5.05. The van der Waals surface area contributed by atoms with E-state index in [0.717, 1.165) is 25.7 Å². The quantitative estimate of drug-likeness (QED) is 0.928. The van der Waals surface area contributed by atoms with Gasteiger partial charge in [0.15, 0.2) is 5.72 Å². The molecular weight excluding hydrogens is 278 g/mol. The Morgan fingerprint density at radius 1 is 1.45 bits per heavy atom. The van der Waals surface area contributed by atoms with Crippen LogP contribution in [0.2, 0.25) is 5.02 Å². The molecule has 1 N–H and O–H groups in total. The van der Waals surface area contributed by atoms with Crippen molar-refractivity contribution in [3.05, 3.63) is 28.8 Å². The predicted molar refractivity (Wildman–Crippen MR) is 76.4 cm³/mol. The second kappa shape index (κ2) is 4.93. The highest BCUT2D eigenvalue weighted by atomic mass is 35.5. The maximum absolute atomic E-state index is 11.1. The van der Waals surface area contributed by atoms with Crippen molar-refractivity contribution in [1.29, 1.82) is 0 Å². The van der Waals surface area contributed by atoms with Crippen LogP contribution in [0.15, 0.2) is 18.2 Å². The number of hydrogen-bond donors (Lipinski definition) is 1. The minimum atomic E-state index is -1.03. The number of rotatable bonds is 3. The van der Waals surface area contributed by atoms with Crippen molar-refractivity contribution in [2.24, 2.45) is 0 Å². The zero-order valence-corrected chi connectivity index (χ0v) is 12.2. The zero-order chi connectivity index (χ0) is 14.3. The minimum absolute atomic E-state index is 0.0913. The molecule has 0 aromatic heterocycles. The summed E-state index contributed by atoms with van der Waals surface area (Å²) in [6, 6.07) is 5.50. The zero-order valence-electron chi connectivity index (χ0n) is 11.4. The molecule has 0 aliphatic carbocycles. The van der Waals surface area contributed by atoms with E-state index >= 15 is 0 Å². The lowest BCUT2D eigenvalue weighted by Crippen LogP contribution is -2.51. The first kappa shape index (κ1) is 13.7. The molecule has 4 nitrogen and oxygen atoms in total. The lowest BCUT2D eigenvalue weighted by atomic mass is 10.0. The molecule has 3 rings (SSSR count). The van der Waals surface area contributed by atoms with Crippen molar-refractivity contribution < 1.29 is 14.6 Å². The molecule has 2 aliphatic heterocycles. The van der Waals surface area contributed by atoms with Gasteiger partial charge in [0.2, 0.25) is 0 Å². The Balaban J connectivity index is 1.92. The minimum Gasteiger partial charge on any atom is -0.478 e. The van der Waals surface area contributed by atoms with Gasteiger partial charge in [0.25, 0.3) is 0 Å². The molecule has 0 spiro atoms. The number of halogens is 1. The molecule has 0 amide bonds. The Morgan fingerprint density at radius 3 is 3.00 bits per heavy atom. The molecule has 108 valence electrons. The number of benzene rings is 1. The number of hydrogen-bond acceptors (Lipinski definition) is 3. The Morgan fingerprint density at radius 2 is 2.25 bits per heavy atom. The monoisotopic (exact) mass is 295 g/mol. The van der Waals surface area contributed by atoms with Gasteiger partial charge in [-0.3, -0.25) is 4.90 Å². The third-order valence-electron chi connectivity index (χ3n) is 4.66. The second-order valence-electron chi connectivity index (χ2n) is 5.67. The normalized spacial score (nSPS) is 29.4. The first-order chi connectivity index (χ1) is 9.53. The predicted octanol–water partition coefficient (Wildman–Crippen LogP) is 3.39. The third kappa shape index (κ3) is 2.07. The van der Waals surface area contributed by atoms with Gasteiger partial charge in [-0.15, -0.1) is 0 Å². The van der Waals surface area contributed by atoms with E-state index in [2.05, 4.69) is 11.9 Å². The fraction of sp³-hybridized carbons (Fsp3) is 0.533. The number of carbonyl (C=O) groups is 1. The topological polar surface area (TPSA) is 49.8 Å². The van der Waals surface area contributed by atoms with Gasteiger partial charge < -0.3 is 9.84 Å². The van der Waals surface area contributed by atoms with Crippen molar-refractivity contribution in [3.8, 4) is 5.75 Å². The highest BCUT2D eigenvalue weighted by Gasteiger charge is 2.48. The molecule has 0 radical (unpaired) electrons. The van der Waals surface area contributed by atoms with Crippen LogP contribution < -0.4 is 4.74 Å². The maximum Gasteiger partial charge on any atom is 0.337 e. The van der Waals surface area contributed by atoms with Gasteiger partial charge in [-0.2, -0.15) is 0 Å². The Hall–Kier alpha value is -1.26. The summed E-state index contributed by atoms with van der Waals surface area (Å²) in [6.45, 7) is 0. The molecule has 2 fully saturated rings. The van der Waals surface area contributed by atoms with Gasteiger partial charge in [0.1, 0.15) is 5.75 Å². The Bertz CT molecular complexity index is 544. The summed E-state index contributed by atoms with van der Waals surface area (Å²) in [5.41, 5.74) is -0.225. The Labute approximate surface area is 123 Å². The average Bonchev–Trinajstić information content (AvgIpc) is 2.61. The van der Waals surface area contributed by atoms with E-state index in [0.29, 0.717) is 11.8 Å². The van der Waals surface area contributed by atoms with Gasteiger partial charge in [0, 0.05) is 18.9 Å². The number of piperidine rings is 1. The van der Waals surface area contributed by atoms with Crippen LogP contribution in [-0.4, -0.2) is 34.8 Å². The molecule has 2 bridgehead atoms. The first-order valence-corrected chi connectivity index (χ1v) is 7.35. The summed E-state index contributed by atoms with van der Waals surface area (Å²) >= 11 is 6.18. The number of ether oxygens (including phenoxy) is 1. The summed E-state index contributed by atoms with van der Waals surface area (Å²) in [6.07, 6.45) is 5.43. The first-order valence-electron chi connectivity index (χ1n) is 6.97. The largest absolute Gasteiger partial charge is 0.478 e. The van der Waals surface area contributed by atoms with Crippen molar-refractivity contribution in [1.82, 2.24) is 4.90 Å². The number of fused-ring (bicyclic) bond motifs is 2. The smallest absolute Gasteiger partial charge is 0.337 e. The number of nitrogens with zero attached hydrogens (tertiary/aromatic N) is 1. The van der Waals surface area contributed by atoms with Gasteiger partial charge in [0.05, 0.1) is 10.6 Å². The molecule has 2 saturated heterocycles. The van der Waals surface area contributed by atoms with Crippen LogP contribution >= 0.6 is 11.6 Å². The van der Waals surface area contributed by atoms with Crippen molar-refractivity contribution in [2.45, 2.75) is 43.9 Å². The number of aromatic carboxylic acids is 1. The van der Waals surface area contributed by atoms with Crippen molar-refractivity contribution in [2.75, 3.05) is 7.05 Å². The molecule has 2 heterocycles. The second-order valence-corrected chi connectivity index (χ2v) is 6.04. The molecule has 2 unspecified atom stereocenters. The maximum atomic E-state index is 11.1. The van der Waals surface area contributed by atoms with Crippen LogP contribution in [0, 0.1) is 0 Å². The molecular formula is C15H18ClNO3. The van der Waals surface area contributed by atoms with Crippen LogP contribution in [0.5, 0.6) is 5.75 Å². The van der Waals surface area contributed by atoms with Gasteiger partial charge in [-0.05, 0) is 38.4 Å². The van der Waals surface area contributed by atoms with Crippen LogP contribution in [-0.2, 0) is 0 Å². The van der Waals surface area contributed by atoms with Gasteiger partial charge in [-0.25, -0.2) is 4.79 Å². The van der Waals surface area contributed by atoms with Crippen molar-refractivity contribution >= 4 is 17.6 Å². The molecule has 20 heavy (non-hydrogen) atoms. The van der Waals surface area contributed by atoms with Gasteiger partial charge >= 0.3 is 5.97 Å². The standard InChI is InChI=1S/C15H18ClNO3/c1-17-10-4-3-8-15(17,9-7-10)20-12-6-2-5-11(13(12)16)14(18)19/h2,5-6,10H,3-4,7-9H2,1H3,(H,18,19). The highest BCUT2D eigenvalue weighted by molar-refractivity contribution is 6.34. The molecule has 0 saturated carbocycles. The number of carboxylic acids is 1. The van der Waals surface area contributed by atoms with E-state index in [1.165, 1.54) is 12.5 Å². The fourth-order valence-corrected chi connectivity index (χ4v) is 3.73. The van der Waals surface area contributed by atoms with Crippen LogP contribution in [0.1, 0.15) is 42.5 Å². The average molecular weight is 296 g/mol. The summed E-state index contributed by atoms with van der Waals surface area (Å²) < 4.78 is 6.20.